The first-order valence-electron chi connectivity index (χ1n) is 6.00. The van der Waals surface area contributed by atoms with Gasteiger partial charge in [0.2, 0.25) is 0 Å². The number of halogens is 1. The van der Waals surface area contributed by atoms with Crippen molar-refractivity contribution in [3.05, 3.63) is 35.6 Å². The molecule has 5 heteroatoms. The predicted molar refractivity (Wildman–Crippen MR) is 71.9 cm³/mol. The number of sulfone groups is 1. The van der Waals surface area contributed by atoms with E-state index in [2.05, 4.69) is 5.32 Å². The van der Waals surface area contributed by atoms with Gasteiger partial charge in [-0.1, -0.05) is 12.1 Å². The highest BCUT2D eigenvalue weighted by Gasteiger charge is 2.09. The van der Waals surface area contributed by atoms with Crippen molar-refractivity contribution < 1.29 is 12.8 Å². The van der Waals surface area contributed by atoms with Gasteiger partial charge in [0, 0.05) is 18.1 Å². The third kappa shape index (κ3) is 6.12. The van der Waals surface area contributed by atoms with Crippen molar-refractivity contribution in [3.63, 3.8) is 0 Å². The fourth-order valence-corrected chi connectivity index (χ4v) is 2.54. The molecular formula is C13H20FNO2S. The van der Waals surface area contributed by atoms with Crippen LogP contribution in [0.15, 0.2) is 24.3 Å². The fourth-order valence-electron chi connectivity index (χ4n) is 1.85. The summed E-state index contributed by atoms with van der Waals surface area (Å²) in [6, 6.07) is 6.63. The molecule has 1 aromatic carbocycles. The lowest BCUT2D eigenvalue weighted by molar-refractivity contribution is 0.510. The minimum absolute atomic E-state index is 0.217. The van der Waals surface area contributed by atoms with Crippen LogP contribution in [0, 0.1) is 5.82 Å². The van der Waals surface area contributed by atoms with Gasteiger partial charge in [0.15, 0.2) is 0 Å². The van der Waals surface area contributed by atoms with E-state index in [1.807, 2.05) is 7.05 Å². The van der Waals surface area contributed by atoms with Crippen molar-refractivity contribution in [2.45, 2.75) is 25.3 Å². The molecule has 0 spiro atoms. The van der Waals surface area contributed by atoms with Crippen molar-refractivity contribution >= 4 is 9.84 Å². The maximum absolute atomic E-state index is 12.8. The normalized spacial score (nSPS) is 13.5. The average Bonchev–Trinajstić information content (AvgIpc) is 2.29. The van der Waals surface area contributed by atoms with Gasteiger partial charge in [-0.05, 0) is 44.0 Å². The van der Waals surface area contributed by atoms with E-state index in [1.165, 1.54) is 18.4 Å². The van der Waals surface area contributed by atoms with Crippen LogP contribution in [-0.4, -0.2) is 33.5 Å². The summed E-state index contributed by atoms with van der Waals surface area (Å²) in [5.74, 6) is -0.0222. The van der Waals surface area contributed by atoms with Crippen molar-refractivity contribution in [1.29, 1.82) is 0 Å². The van der Waals surface area contributed by atoms with Crippen LogP contribution in [0.25, 0.3) is 0 Å². The van der Waals surface area contributed by atoms with Gasteiger partial charge in [-0.25, -0.2) is 12.8 Å². The molecule has 0 aliphatic heterocycles. The Hall–Kier alpha value is -0.940. The number of rotatable bonds is 7. The Morgan fingerprint density at radius 1 is 1.28 bits per heavy atom. The lowest BCUT2D eigenvalue weighted by atomic mass is 10.0. The minimum atomic E-state index is -2.88. The monoisotopic (exact) mass is 273 g/mol. The van der Waals surface area contributed by atoms with Crippen LogP contribution >= 0.6 is 0 Å². The first-order chi connectivity index (χ1) is 8.40. The molecule has 0 aromatic heterocycles. The summed E-state index contributed by atoms with van der Waals surface area (Å²) in [7, 11) is -1.03. The highest BCUT2D eigenvalue weighted by atomic mass is 32.2. The van der Waals surface area contributed by atoms with Crippen LogP contribution in [0.5, 0.6) is 0 Å². The molecule has 0 amide bonds. The van der Waals surface area contributed by atoms with E-state index < -0.39 is 9.84 Å². The highest BCUT2D eigenvalue weighted by molar-refractivity contribution is 7.90. The molecule has 1 aromatic rings. The maximum atomic E-state index is 12.8. The van der Waals surface area contributed by atoms with E-state index in [-0.39, 0.29) is 17.6 Å². The second-order valence-corrected chi connectivity index (χ2v) is 6.85. The molecule has 1 atom stereocenters. The zero-order valence-electron chi connectivity index (χ0n) is 10.8. The van der Waals surface area contributed by atoms with Gasteiger partial charge < -0.3 is 5.32 Å². The van der Waals surface area contributed by atoms with E-state index >= 15 is 0 Å². The Kier molecular flexibility index (Phi) is 5.75. The van der Waals surface area contributed by atoms with Crippen LogP contribution in [-0.2, 0) is 16.3 Å². The largest absolute Gasteiger partial charge is 0.317 e. The Bertz CT molecular complexity index is 456. The summed E-state index contributed by atoms with van der Waals surface area (Å²) < 4.78 is 34.8. The molecule has 0 saturated carbocycles. The molecule has 18 heavy (non-hydrogen) atoms. The van der Waals surface area contributed by atoms with Gasteiger partial charge in [0.05, 0.1) is 0 Å². The van der Waals surface area contributed by atoms with Gasteiger partial charge in [0.1, 0.15) is 15.7 Å². The van der Waals surface area contributed by atoms with Crippen molar-refractivity contribution in [1.82, 2.24) is 5.32 Å². The molecule has 0 radical (unpaired) electrons. The second-order valence-electron chi connectivity index (χ2n) is 4.59. The number of hydrogen-bond donors (Lipinski definition) is 1. The van der Waals surface area contributed by atoms with E-state index in [1.54, 1.807) is 12.1 Å². The minimum Gasteiger partial charge on any atom is -0.317 e. The van der Waals surface area contributed by atoms with Crippen LogP contribution in [0.3, 0.4) is 0 Å². The van der Waals surface area contributed by atoms with Gasteiger partial charge >= 0.3 is 0 Å². The summed E-state index contributed by atoms with van der Waals surface area (Å²) in [4.78, 5) is 0. The van der Waals surface area contributed by atoms with Gasteiger partial charge in [-0.3, -0.25) is 0 Å². The molecule has 0 saturated heterocycles. The zero-order valence-corrected chi connectivity index (χ0v) is 11.6. The first-order valence-corrected chi connectivity index (χ1v) is 8.06. The lowest BCUT2D eigenvalue weighted by Crippen LogP contribution is -2.28. The molecule has 1 unspecified atom stereocenters. The Morgan fingerprint density at radius 2 is 1.89 bits per heavy atom. The van der Waals surface area contributed by atoms with Crippen LogP contribution in [0.2, 0.25) is 0 Å². The number of likely N-dealkylation sites (N-methyl/N-ethyl adjacent to an activating group) is 1. The highest BCUT2D eigenvalue weighted by Crippen LogP contribution is 2.09. The van der Waals surface area contributed by atoms with Crippen LogP contribution in [0.1, 0.15) is 18.4 Å². The Labute approximate surface area is 108 Å². The molecule has 1 rings (SSSR count). The van der Waals surface area contributed by atoms with Crippen molar-refractivity contribution in [2.75, 3.05) is 19.1 Å². The van der Waals surface area contributed by atoms with E-state index in [9.17, 15) is 12.8 Å². The smallest absolute Gasteiger partial charge is 0.147 e. The third-order valence-corrected chi connectivity index (χ3v) is 3.90. The fraction of sp³-hybridized carbons (Fsp3) is 0.538. The predicted octanol–water partition coefficient (Wildman–Crippen LogP) is 1.78. The molecule has 3 nitrogen and oxygen atoms in total. The molecule has 1 N–H and O–H groups in total. The molecule has 0 aliphatic rings. The SMILES string of the molecule is CNC(CCCS(C)(=O)=O)Cc1ccc(F)cc1. The zero-order chi connectivity index (χ0) is 13.6. The van der Waals surface area contributed by atoms with Crippen molar-refractivity contribution in [2.24, 2.45) is 0 Å². The third-order valence-electron chi connectivity index (χ3n) is 2.87. The summed E-state index contributed by atoms with van der Waals surface area (Å²) in [6.07, 6.45) is 3.47. The van der Waals surface area contributed by atoms with Gasteiger partial charge in [-0.15, -0.1) is 0 Å². The summed E-state index contributed by atoms with van der Waals surface area (Å²) in [5, 5.41) is 3.16. The van der Waals surface area contributed by atoms with E-state index in [0.717, 1.165) is 18.4 Å². The topological polar surface area (TPSA) is 46.2 Å². The molecule has 0 bridgehead atoms. The van der Waals surface area contributed by atoms with E-state index in [0.29, 0.717) is 6.42 Å². The Balaban J connectivity index is 2.44. The van der Waals surface area contributed by atoms with Gasteiger partial charge in [-0.2, -0.15) is 0 Å². The standard InChI is InChI=1S/C13H20FNO2S/c1-15-13(4-3-9-18(2,16)17)10-11-5-7-12(14)8-6-11/h5-8,13,15H,3-4,9-10H2,1-2H3. The first kappa shape index (κ1) is 15.1. The quantitative estimate of drug-likeness (QED) is 0.823. The number of nitrogens with one attached hydrogen (secondary N) is 1. The number of benzene rings is 1. The van der Waals surface area contributed by atoms with Crippen molar-refractivity contribution in [3.8, 4) is 0 Å². The molecular weight excluding hydrogens is 253 g/mol. The van der Waals surface area contributed by atoms with Crippen LogP contribution in [0.4, 0.5) is 4.39 Å². The lowest BCUT2D eigenvalue weighted by Gasteiger charge is -2.15. The average molecular weight is 273 g/mol. The maximum Gasteiger partial charge on any atom is 0.147 e. The molecule has 0 aliphatic carbocycles. The summed E-state index contributed by atoms with van der Waals surface area (Å²) in [6.45, 7) is 0. The number of hydrogen-bond acceptors (Lipinski definition) is 3. The summed E-state index contributed by atoms with van der Waals surface area (Å²) >= 11 is 0. The Morgan fingerprint density at radius 3 is 2.39 bits per heavy atom. The second kappa shape index (κ2) is 6.85. The van der Waals surface area contributed by atoms with Crippen LogP contribution < -0.4 is 5.32 Å². The molecule has 0 fully saturated rings. The molecule has 0 heterocycles. The molecule has 102 valence electrons. The van der Waals surface area contributed by atoms with E-state index in [4.69, 9.17) is 0 Å². The van der Waals surface area contributed by atoms with Gasteiger partial charge in [0.25, 0.3) is 0 Å². The summed E-state index contributed by atoms with van der Waals surface area (Å²) in [5.41, 5.74) is 1.05.